The Bertz CT molecular complexity index is 1870. The molecular weight excluding hydrogens is 583 g/mol. The van der Waals surface area contributed by atoms with Gasteiger partial charge in [-0.2, -0.15) is 9.57 Å². The van der Waals surface area contributed by atoms with Crippen molar-refractivity contribution in [1.82, 2.24) is 14.5 Å². The molecule has 11 heteroatoms. The summed E-state index contributed by atoms with van der Waals surface area (Å²) in [7, 11) is -2.90. The number of halogens is 1. The second kappa shape index (κ2) is 12.8. The number of amides is 2. The van der Waals surface area contributed by atoms with Crippen LogP contribution in [-0.2, 0) is 26.2 Å². The van der Waals surface area contributed by atoms with E-state index in [0.717, 1.165) is 15.3 Å². The van der Waals surface area contributed by atoms with E-state index in [1.165, 1.54) is 44.4 Å². The summed E-state index contributed by atoms with van der Waals surface area (Å²) < 4.78 is 50.2. The summed E-state index contributed by atoms with van der Waals surface area (Å²) in [6.07, 6.45) is 0.170. The SMILES string of the molecule is COc1ccc2ccc(S(=O)(=O)N(C(CNC(C)=O)c3cccc(F)c3)[C@H]3CCN(Cc4cccc(C#N)c4)C3=O)cc2c1. The first-order chi connectivity index (χ1) is 21.1. The molecule has 0 spiro atoms. The maximum absolute atomic E-state index is 14.6. The van der Waals surface area contributed by atoms with Gasteiger partial charge in [0.25, 0.3) is 0 Å². The van der Waals surface area contributed by atoms with E-state index in [2.05, 4.69) is 11.4 Å². The standard InChI is InChI=1S/C33H31FN4O5S/c1-22(39)36-20-32(26-7-4-8-28(34)16-26)38(31-13-14-37(33(31)40)21-24-6-3-5-23(15-24)19-35)44(41,42)30-12-10-25-9-11-29(43-2)17-27(25)18-30/h3-12,15-18,31-32H,13-14,20-21H2,1-2H3,(H,36,39)/t31-,32?/m0/s1. The summed E-state index contributed by atoms with van der Waals surface area (Å²) in [5.74, 6) is -0.863. The number of hydrogen-bond donors (Lipinski definition) is 1. The average molecular weight is 615 g/mol. The molecule has 9 nitrogen and oxygen atoms in total. The van der Waals surface area contributed by atoms with E-state index in [9.17, 15) is 27.7 Å². The highest BCUT2D eigenvalue weighted by Gasteiger charge is 2.46. The number of hydrogen-bond acceptors (Lipinski definition) is 6. The minimum atomic E-state index is -4.42. The molecule has 1 fully saturated rings. The van der Waals surface area contributed by atoms with Crippen LogP contribution < -0.4 is 10.1 Å². The highest BCUT2D eigenvalue weighted by Crippen LogP contribution is 2.36. The van der Waals surface area contributed by atoms with Gasteiger partial charge in [-0.15, -0.1) is 0 Å². The number of sulfonamides is 1. The molecular formula is C33H31FN4O5S. The van der Waals surface area contributed by atoms with Crippen molar-refractivity contribution in [3.05, 3.63) is 107 Å². The van der Waals surface area contributed by atoms with Crippen LogP contribution >= 0.6 is 0 Å². The van der Waals surface area contributed by atoms with Crippen LogP contribution in [0.5, 0.6) is 5.75 Å². The van der Waals surface area contributed by atoms with Gasteiger partial charge in [0, 0.05) is 26.6 Å². The van der Waals surface area contributed by atoms with Crippen molar-refractivity contribution in [2.45, 2.75) is 36.9 Å². The Morgan fingerprint density at radius 2 is 1.86 bits per heavy atom. The zero-order valence-electron chi connectivity index (χ0n) is 24.2. The highest BCUT2D eigenvalue weighted by atomic mass is 32.2. The number of rotatable bonds is 10. The summed E-state index contributed by atoms with van der Waals surface area (Å²) in [5, 5.41) is 13.4. The lowest BCUT2D eigenvalue weighted by Crippen LogP contribution is -2.49. The summed E-state index contributed by atoms with van der Waals surface area (Å²) in [5.41, 5.74) is 1.47. The predicted octanol–water partition coefficient (Wildman–Crippen LogP) is 4.53. The molecule has 0 bridgehead atoms. The van der Waals surface area contributed by atoms with Crippen molar-refractivity contribution < 1.29 is 27.1 Å². The van der Waals surface area contributed by atoms with Gasteiger partial charge < -0.3 is 15.0 Å². The van der Waals surface area contributed by atoms with Gasteiger partial charge in [-0.05, 0) is 76.9 Å². The first-order valence-electron chi connectivity index (χ1n) is 14.0. The Kier molecular flexibility index (Phi) is 8.94. The number of fused-ring (bicyclic) bond motifs is 1. The van der Waals surface area contributed by atoms with Crippen molar-refractivity contribution in [2.75, 3.05) is 20.2 Å². The van der Waals surface area contributed by atoms with Crippen molar-refractivity contribution >= 4 is 32.6 Å². The van der Waals surface area contributed by atoms with Crippen molar-refractivity contribution in [1.29, 1.82) is 5.26 Å². The molecule has 1 heterocycles. The molecule has 1 aliphatic heterocycles. The van der Waals surface area contributed by atoms with E-state index >= 15 is 0 Å². The predicted molar refractivity (Wildman–Crippen MR) is 162 cm³/mol. The van der Waals surface area contributed by atoms with Gasteiger partial charge in [0.2, 0.25) is 21.8 Å². The average Bonchev–Trinajstić information content (AvgIpc) is 3.36. The fourth-order valence-corrected chi connectivity index (χ4v) is 7.37. The lowest BCUT2D eigenvalue weighted by Gasteiger charge is -2.35. The van der Waals surface area contributed by atoms with E-state index in [1.807, 2.05) is 6.07 Å². The molecule has 1 unspecified atom stereocenters. The normalized spacial score (nSPS) is 15.8. The molecule has 0 aliphatic carbocycles. The third-order valence-corrected chi connectivity index (χ3v) is 9.60. The maximum Gasteiger partial charge on any atom is 0.244 e. The number of ether oxygens (including phenoxy) is 1. The lowest BCUT2D eigenvalue weighted by molar-refractivity contribution is -0.131. The lowest BCUT2D eigenvalue weighted by atomic mass is 10.0. The third-order valence-electron chi connectivity index (χ3n) is 7.69. The van der Waals surface area contributed by atoms with E-state index in [1.54, 1.807) is 53.4 Å². The number of nitrogens with zero attached hydrogens (tertiary/aromatic N) is 3. The quantitative estimate of drug-likeness (QED) is 0.280. The number of methoxy groups -OCH3 is 1. The molecule has 0 saturated carbocycles. The van der Waals surface area contributed by atoms with Crippen LogP contribution in [0.1, 0.15) is 36.1 Å². The van der Waals surface area contributed by atoms with Gasteiger partial charge in [0.1, 0.15) is 17.6 Å². The van der Waals surface area contributed by atoms with Crippen molar-refractivity contribution in [2.24, 2.45) is 0 Å². The summed E-state index contributed by atoms with van der Waals surface area (Å²) in [6, 6.07) is 22.2. The van der Waals surface area contributed by atoms with Gasteiger partial charge in [-0.3, -0.25) is 9.59 Å². The van der Waals surface area contributed by atoms with Gasteiger partial charge >= 0.3 is 0 Å². The zero-order chi connectivity index (χ0) is 31.4. The fraction of sp³-hybridized carbons (Fsp3) is 0.242. The van der Waals surface area contributed by atoms with E-state index in [0.29, 0.717) is 16.7 Å². The van der Waals surface area contributed by atoms with Crippen LogP contribution in [0, 0.1) is 17.1 Å². The molecule has 2 atom stereocenters. The molecule has 44 heavy (non-hydrogen) atoms. The van der Waals surface area contributed by atoms with Crippen molar-refractivity contribution in [3.8, 4) is 11.8 Å². The number of carbonyl (C=O) groups is 2. The van der Waals surface area contributed by atoms with Gasteiger partial charge in [0.15, 0.2) is 0 Å². The smallest absolute Gasteiger partial charge is 0.244 e. The van der Waals surface area contributed by atoms with Gasteiger partial charge in [-0.25, -0.2) is 12.8 Å². The monoisotopic (exact) mass is 614 g/mol. The van der Waals surface area contributed by atoms with Crippen LogP contribution in [0.4, 0.5) is 4.39 Å². The zero-order valence-corrected chi connectivity index (χ0v) is 25.1. The topological polar surface area (TPSA) is 120 Å². The number of carbonyl (C=O) groups excluding carboxylic acids is 2. The minimum absolute atomic E-state index is 0.0598. The maximum atomic E-state index is 14.6. The Balaban J connectivity index is 1.61. The first-order valence-corrected chi connectivity index (χ1v) is 15.4. The molecule has 1 aliphatic rings. The molecule has 4 aromatic carbocycles. The Morgan fingerprint density at radius 3 is 2.59 bits per heavy atom. The largest absolute Gasteiger partial charge is 0.497 e. The molecule has 0 aromatic heterocycles. The fourth-order valence-electron chi connectivity index (χ4n) is 5.55. The summed E-state index contributed by atoms with van der Waals surface area (Å²) >= 11 is 0. The Morgan fingerprint density at radius 1 is 1.09 bits per heavy atom. The Labute approximate surface area is 255 Å². The molecule has 0 radical (unpaired) electrons. The van der Waals surface area contributed by atoms with Crippen LogP contribution in [-0.4, -0.2) is 55.7 Å². The molecule has 1 saturated heterocycles. The second-order valence-electron chi connectivity index (χ2n) is 10.6. The van der Waals surface area contributed by atoms with Crippen LogP contribution in [0.25, 0.3) is 10.8 Å². The number of likely N-dealkylation sites (tertiary alicyclic amines) is 1. The molecule has 2 amide bonds. The van der Waals surface area contributed by atoms with Crippen LogP contribution in [0.2, 0.25) is 0 Å². The van der Waals surface area contributed by atoms with Crippen molar-refractivity contribution in [3.63, 3.8) is 0 Å². The van der Waals surface area contributed by atoms with E-state index in [4.69, 9.17) is 4.74 Å². The minimum Gasteiger partial charge on any atom is -0.497 e. The number of benzene rings is 4. The van der Waals surface area contributed by atoms with Gasteiger partial charge in [0.05, 0.1) is 29.7 Å². The number of nitriles is 1. The summed E-state index contributed by atoms with van der Waals surface area (Å²) in [4.78, 5) is 27.5. The van der Waals surface area contributed by atoms with E-state index in [-0.39, 0.29) is 36.5 Å². The molecule has 5 rings (SSSR count). The Hall–Kier alpha value is -4.79. The van der Waals surface area contributed by atoms with Crippen LogP contribution in [0.3, 0.4) is 0 Å². The summed E-state index contributed by atoms with van der Waals surface area (Å²) in [6.45, 7) is 1.56. The van der Waals surface area contributed by atoms with Crippen LogP contribution in [0.15, 0.2) is 89.8 Å². The number of nitrogens with one attached hydrogen (secondary N) is 1. The molecule has 1 N–H and O–H groups in total. The molecule has 4 aromatic rings. The molecule has 226 valence electrons. The van der Waals surface area contributed by atoms with Gasteiger partial charge in [-0.1, -0.05) is 36.4 Å². The second-order valence-corrected chi connectivity index (χ2v) is 12.4. The highest BCUT2D eigenvalue weighted by molar-refractivity contribution is 7.89. The first kappa shape index (κ1) is 30.7. The van der Waals surface area contributed by atoms with E-state index < -0.39 is 39.7 Å². The third kappa shape index (κ3) is 6.41.